The van der Waals surface area contributed by atoms with Crippen molar-refractivity contribution in [3.8, 4) is 22.8 Å². The van der Waals surface area contributed by atoms with Crippen molar-refractivity contribution >= 4 is 35.2 Å². The molecule has 0 aliphatic carbocycles. The fraction of sp³-hybridized carbons (Fsp3) is 0.320. The van der Waals surface area contributed by atoms with Crippen molar-refractivity contribution in [3.63, 3.8) is 0 Å². The third-order valence-electron chi connectivity index (χ3n) is 4.56. The van der Waals surface area contributed by atoms with Crippen LogP contribution in [0, 0.1) is 0 Å². The molecular weight excluding hydrogens is 454 g/mol. The number of aromatic nitrogens is 1. The maximum absolute atomic E-state index is 12.2. The molecule has 0 saturated carbocycles. The zero-order valence-electron chi connectivity index (χ0n) is 19.0. The second-order valence-corrected chi connectivity index (χ2v) is 9.22. The summed E-state index contributed by atoms with van der Waals surface area (Å²) in [7, 11) is 0. The minimum absolute atomic E-state index is 0.186. The summed E-state index contributed by atoms with van der Waals surface area (Å²) in [6.45, 7) is 5.31. The first-order valence-electron chi connectivity index (χ1n) is 11.0. The Hall–Kier alpha value is -2.84. The van der Waals surface area contributed by atoms with E-state index in [1.807, 2.05) is 60.8 Å². The van der Waals surface area contributed by atoms with Crippen molar-refractivity contribution in [1.82, 2.24) is 10.4 Å². The molecule has 3 rings (SSSR count). The van der Waals surface area contributed by atoms with Gasteiger partial charge in [0.2, 0.25) is 0 Å². The number of ether oxygens (including phenoxy) is 2. The summed E-state index contributed by atoms with van der Waals surface area (Å²) < 4.78 is 12.4. The van der Waals surface area contributed by atoms with Crippen LogP contribution < -0.4 is 14.9 Å². The molecule has 0 radical (unpaired) electrons. The minimum Gasteiger partial charge on any atom is -0.490 e. The first-order valence-corrected chi connectivity index (χ1v) is 12.9. The van der Waals surface area contributed by atoms with Crippen LogP contribution >= 0.6 is 23.1 Å². The van der Waals surface area contributed by atoms with E-state index in [0.29, 0.717) is 19.0 Å². The largest absolute Gasteiger partial charge is 0.490 e. The lowest BCUT2D eigenvalue weighted by Gasteiger charge is -2.12. The number of unbranched alkanes of at least 4 members (excludes halogenated alkanes) is 2. The third-order valence-corrected chi connectivity index (χ3v) is 6.58. The number of amides is 1. The monoisotopic (exact) mass is 483 g/mol. The van der Waals surface area contributed by atoms with Gasteiger partial charge in [0.1, 0.15) is 0 Å². The third kappa shape index (κ3) is 8.22. The summed E-state index contributed by atoms with van der Waals surface area (Å²) in [6.07, 6.45) is 4.91. The summed E-state index contributed by atoms with van der Waals surface area (Å²) in [5, 5.41) is 6.07. The molecule has 174 valence electrons. The number of rotatable bonds is 13. The number of hydrogen-bond donors (Lipinski definition) is 1. The maximum Gasteiger partial charge on any atom is 0.250 e. The fourth-order valence-electron chi connectivity index (χ4n) is 2.93. The lowest BCUT2D eigenvalue weighted by molar-refractivity contribution is -0.118. The number of benzene rings is 2. The number of hydrogen-bond acceptors (Lipinski definition) is 7. The Labute approximate surface area is 203 Å². The molecule has 6 nitrogen and oxygen atoms in total. The Morgan fingerprint density at radius 3 is 2.76 bits per heavy atom. The summed E-state index contributed by atoms with van der Waals surface area (Å²) in [5.41, 5.74) is 5.38. The molecular formula is C25H29N3O3S2. The van der Waals surface area contributed by atoms with E-state index >= 15 is 0 Å². The van der Waals surface area contributed by atoms with Gasteiger partial charge in [0, 0.05) is 10.9 Å². The summed E-state index contributed by atoms with van der Waals surface area (Å²) in [5.74, 6) is 1.46. The zero-order chi connectivity index (χ0) is 23.3. The van der Waals surface area contributed by atoms with Gasteiger partial charge < -0.3 is 9.47 Å². The molecule has 1 aromatic heterocycles. The van der Waals surface area contributed by atoms with Gasteiger partial charge in [-0.25, -0.2) is 10.4 Å². The SMILES string of the molecule is CCCCCOc1ccc(/C=N/NC(=O)CSc2nc(-c3ccccc3)cs2)cc1OCC. The molecule has 2 aromatic carbocycles. The number of nitrogens with one attached hydrogen (secondary N) is 1. The van der Waals surface area contributed by atoms with Crippen molar-refractivity contribution in [3.05, 3.63) is 59.5 Å². The van der Waals surface area contributed by atoms with Crippen LogP contribution in [0.4, 0.5) is 0 Å². The van der Waals surface area contributed by atoms with Gasteiger partial charge in [0.05, 0.1) is 30.9 Å². The summed E-state index contributed by atoms with van der Waals surface area (Å²) in [4.78, 5) is 16.7. The lowest BCUT2D eigenvalue weighted by atomic mass is 10.2. The predicted octanol–water partition coefficient (Wildman–Crippen LogP) is 6.02. The second kappa shape index (κ2) is 13.6. The van der Waals surface area contributed by atoms with E-state index in [0.717, 1.165) is 46.2 Å². The molecule has 0 atom stereocenters. The Kier molecular flexibility index (Phi) is 10.3. The van der Waals surface area contributed by atoms with Gasteiger partial charge in [0.15, 0.2) is 15.8 Å². The molecule has 3 aromatic rings. The van der Waals surface area contributed by atoms with Crippen LogP contribution in [0.3, 0.4) is 0 Å². The van der Waals surface area contributed by atoms with Crippen molar-refractivity contribution in [2.75, 3.05) is 19.0 Å². The number of thioether (sulfide) groups is 1. The molecule has 8 heteroatoms. The van der Waals surface area contributed by atoms with Crippen molar-refractivity contribution < 1.29 is 14.3 Å². The Morgan fingerprint density at radius 1 is 1.12 bits per heavy atom. The van der Waals surface area contributed by atoms with E-state index in [1.54, 1.807) is 6.21 Å². The van der Waals surface area contributed by atoms with Gasteiger partial charge in [0.25, 0.3) is 5.91 Å². The molecule has 0 bridgehead atoms. The number of nitrogens with zero attached hydrogens (tertiary/aromatic N) is 2. The molecule has 1 heterocycles. The fourth-order valence-corrected chi connectivity index (χ4v) is 4.56. The van der Waals surface area contributed by atoms with Crippen molar-refractivity contribution in [2.45, 2.75) is 37.4 Å². The van der Waals surface area contributed by atoms with Crippen molar-refractivity contribution in [2.24, 2.45) is 5.10 Å². The number of hydrazone groups is 1. The average Bonchev–Trinajstić information content (AvgIpc) is 3.32. The standard InChI is InChI=1S/C25H29N3O3S2/c1-3-5-9-14-31-22-13-12-19(15-23(22)30-4-2)16-26-28-24(29)18-33-25-27-21(17-32-25)20-10-7-6-8-11-20/h6-8,10-13,15-17H,3-5,9,14,18H2,1-2H3,(H,28,29)/b26-16+. The highest BCUT2D eigenvalue weighted by atomic mass is 32.2. The van der Waals surface area contributed by atoms with Crippen LogP contribution in [0.25, 0.3) is 11.3 Å². The van der Waals surface area contributed by atoms with E-state index < -0.39 is 0 Å². The molecule has 0 spiro atoms. The average molecular weight is 484 g/mol. The second-order valence-electron chi connectivity index (χ2n) is 7.14. The topological polar surface area (TPSA) is 72.8 Å². The van der Waals surface area contributed by atoms with Crippen LogP contribution in [-0.2, 0) is 4.79 Å². The normalized spacial score (nSPS) is 11.0. The van der Waals surface area contributed by atoms with E-state index in [9.17, 15) is 4.79 Å². The van der Waals surface area contributed by atoms with Gasteiger partial charge in [-0.2, -0.15) is 5.10 Å². The molecule has 0 saturated heterocycles. The summed E-state index contributed by atoms with van der Waals surface area (Å²) in [6, 6.07) is 15.6. The molecule has 0 unspecified atom stereocenters. The Balaban J connectivity index is 1.48. The number of thiazole rings is 1. The number of carbonyl (C=O) groups is 1. The Bertz CT molecular complexity index is 1040. The van der Waals surface area contributed by atoms with Crippen LogP contribution in [-0.4, -0.2) is 36.1 Å². The van der Waals surface area contributed by atoms with Crippen LogP contribution in [0.5, 0.6) is 11.5 Å². The Morgan fingerprint density at radius 2 is 1.97 bits per heavy atom. The molecule has 1 amide bonds. The van der Waals surface area contributed by atoms with Crippen LogP contribution in [0.15, 0.2) is 63.4 Å². The van der Waals surface area contributed by atoms with Gasteiger partial charge in [-0.3, -0.25) is 4.79 Å². The minimum atomic E-state index is -0.186. The smallest absolute Gasteiger partial charge is 0.250 e. The van der Waals surface area contributed by atoms with Gasteiger partial charge in [-0.1, -0.05) is 61.9 Å². The number of carbonyl (C=O) groups excluding carboxylic acids is 1. The molecule has 33 heavy (non-hydrogen) atoms. The van der Waals surface area contributed by atoms with Crippen molar-refractivity contribution in [1.29, 1.82) is 0 Å². The highest BCUT2D eigenvalue weighted by Crippen LogP contribution is 2.29. The molecule has 0 aliphatic rings. The predicted molar refractivity (Wildman–Crippen MR) is 137 cm³/mol. The summed E-state index contributed by atoms with van der Waals surface area (Å²) >= 11 is 2.93. The lowest BCUT2D eigenvalue weighted by Crippen LogP contribution is -2.19. The van der Waals surface area contributed by atoms with Gasteiger partial charge in [-0.05, 0) is 37.1 Å². The molecule has 1 N–H and O–H groups in total. The quantitative estimate of drug-likeness (QED) is 0.139. The first-order chi connectivity index (χ1) is 16.2. The highest BCUT2D eigenvalue weighted by Gasteiger charge is 2.08. The maximum atomic E-state index is 12.2. The van der Waals surface area contributed by atoms with E-state index in [-0.39, 0.29) is 11.7 Å². The van der Waals surface area contributed by atoms with E-state index in [4.69, 9.17) is 9.47 Å². The highest BCUT2D eigenvalue weighted by molar-refractivity contribution is 8.01. The molecule has 0 fully saturated rings. The van der Waals surface area contributed by atoms with Gasteiger partial charge >= 0.3 is 0 Å². The van der Waals surface area contributed by atoms with Gasteiger partial charge in [-0.15, -0.1) is 11.3 Å². The first kappa shape index (κ1) is 24.8. The molecule has 0 aliphatic heterocycles. The van der Waals surface area contributed by atoms with Crippen LogP contribution in [0.2, 0.25) is 0 Å². The van der Waals surface area contributed by atoms with Crippen LogP contribution in [0.1, 0.15) is 38.7 Å². The zero-order valence-corrected chi connectivity index (χ0v) is 20.6. The van der Waals surface area contributed by atoms with E-state index in [2.05, 4.69) is 22.4 Å². The van der Waals surface area contributed by atoms with E-state index in [1.165, 1.54) is 23.1 Å².